The fraction of sp³-hybridized carbons (Fsp3) is 0.0476. The lowest BCUT2D eigenvalue weighted by Gasteiger charge is -2.05. The van der Waals surface area contributed by atoms with Gasteiger partial charge in [0, 0.05) is 22.4 Å². The Morgan fingerprint density at radius 2 is 1.81 bits per heavy atom. The number of hydrogen-bond acceptors (Lipinski definition) is 3. The van der Waals surface area contributed by atoms with Gasteiger partial charge in [0.1, 0.15) is 12.4 Å². The van der Waals surface area contributed by atoms with Gasteiger partial charge in [-0.05, 0) is 60.2 Å². The van der Waals surface area contributed by atoms with E-state index in [-0.39, 0.29) is 5.91 Å². The molecule has 130 valence electrons. The van der Waals surface area contributed by atoms with E-state index in [0.717, 1.165) is 27.2 Å². The van der Waals surface area contributed by atoms with Crippen molar-refractivity contribution < 1.29 is 9.53 Å². The summed E-state index contributed by atoms with van der Waals surface area (Å²) < 4.78 is 6.66. The molecular formula is C21H17BrN2O2. The minimum Gasteiger partial charge on any atom is -0.487 e. The average molecular weight is 409 g/mol. The lowest BCUT2D eigenvalue weighted by atomic mass is 10.2. The van der Waals surface area contributed by atoms with Crippen LogP contribution in [0.4, 0.5) is 5.69 Å². The second-order valence-corrected chi connectivity index (χ2v) is 6.42. The van der Waals surface area contributed by atoms with Gasteiger partial charge < -0.3 is 10.1 Å². The lowest BCUT2D eigenvalue weighted by molar-refractivity contribution is -0.111. The first-order chi connectivity index (χ1) is 12.7. The Balaban J connectivity index is 1.52. The van der Waals surface area contributed by atoms with Crippen LogP contribution in [0.5, 0.6) is 5.75 Å². The number of aromatic nitrogens is 1. The number of halogens is 1. The van der Waals surface area contributed by atoms with Crippen molar-refractivity contribution in [2.24, 2.45) is 0 Å². The number of amides is 1. The number of rotatable bonds is 6. The summed E-state index contributed by atoms with van der Waals surface area (Å²) in [6, 6.07) is 20.7. The number of carbonyl (C=O) groups excluding carboxylic acids is 1. The summed E-state index contributed by atoms with van der Waals surface area (Å²) in [7, 11) is 0. The molecule has 4 nitrogen and oxygen atoms in total. The molecule has 0 aliphatic rings. The van der Waals surface area contributed by atoms with Crippen molar-refractivity contribution in [3.05, 3.63) is 94.7 Å². The molecule has 0 fully saturated rings. The summed E-state index contributed by atoms with van der Waals surface area (Å²) in [5.74, 6) is 0.579. The monoisotopic (exact) mass is 408 g/mol. The third kappa shape index (κ3) is 5.57. The fourth-order valence-corrected chi connectivity index (χ4v) is 2.47. The molecule has 26 heavy (non-hydrogen) atoms. The van der Waals surface area contributed by atoms with Crippen LogP contribution in [0.1, 0.15) is 11.3 Å². The zero-order chi connectivity index (χ0) is 18.2. The number of ether oxygens (including phenoxy) is 1. The van der Waals surface area contributed by atoms with Crippen molar-refractivity contribution in [1.82, 2.24) is 4.98 Å². The van der Waals surface area contributed by atoms with E-state index in [9.17, 15) is 4.79 Å². The fourth-order valence-electron chi connectivity index (χ4n) is 2.21. The molecule has 0 spiro atoms. The third-order valence-electron chi connectivity index (χ3n) is 3.53. The molecule has 0 saturated carbocycles. The molecule has 0 radical (unpaired) electrons. The predicted molar refractivity (Wildman–Crippen MR) is 107 cm³/mol. The smallest absolute Gasteiger partial charge is 0.248 e. The Bertz CT molecular complexity index is 876. The topological polar surface area (TPSA) is 51.2 Å². The van der Waals surface area contributed by atoms with E-state index in [1.165, 1.54) is 6.08 Å². The predicted octanol–water partition coefficient (Wildman–Crippen LogP) is 5.08. The van der Waals surface area contributed by atoms with Crippen LogP contribution in [-0.2, 0) is 11.4 Å². The maximum atomic E-state index is 12.0. The molecular weight excluding hydrogens is 392 g/mol. The van der Waals surface area contributed by atoms with Gasteiger partial charge in [-0.25, -0.2) is 0 Å². The van der Waals surface area contributed by atoms with E-state index >= 15 is 0 Å². The number of benzene rings is 2. The van der Waals surface area contributed by atoms with Gasteiger partial charge in [0.15, 0.2) is 0 Å². The molecule has 0 unspecified atom stereocenters. The van der Waals surface area contributed by atoms with Crippen molar-refractivity contribution in [2.75, 3.05) is 5.32 Å². The van der Waals surface area contributed by atoms with Crippen LogP contribution in [0.15, 0.2) is 83.5 Å². The molecule has 0 bridgehead atoms. The number of nitrogens with zero attached hydrogens (tertiary/aromatic N) is 1. The second kappa shape index (κ2) is 8.97. The van der Waals surface area contributed by atoms with Crippen molar-refractivity contribution in [3.8, 4) is 5.75 Å². The summed E-state index contributed by atoms with van der Waals surface area (Å²) in [5, 5.41) is 2.81. The first-order valence-corrected chi connectivity index (χ1v) is 8.86. The molecule has 0 atom stereocenters. The van der Waals surface area contributed by atoms with Crippen molar-refractivity contribution in [2.45, 2.75) is 6.61 Å². The molecule has 1 amide bonds. The Labute approximate surface area is 160 Å². The molecule has 3 aromatic rings. The highest BCUT2D eigenvalue weighted by atomic mass is 79.9. The van der Waals surface area contributed by atoms with Crippen LogP contribution < -0.4 is 10.1 Å². The highest BCUT2D eigenvalue weighted by Crippen LogP contribution is 2.16. The highest BCUT2D eigenvalue weighted by Gasteiger charge is 1.99. The van der Waals surface area contributed by atoms with Crippen LogP contribution >= 0.6 is 15.9 Å². The van der Waals surface area contributed by atoms with Gasteiger partial charge in [0.25, 0.3) is 0 Å². The zero-order valence-electron chi connectivity index (χ0n) is 13.9. The summed E-state index contributed by atoms with van der Waals surface area (Å²) in [4.78, 5) is 16.2. The largest absolute Gasteiger partial charge is 0.487 e. The molecule has 0 saturated heterocycles. The minimum atomic E-state index is -0.178. The summed E-state index contributed by atoms with van der Waals surface area (Å²) >= 11 is 3.36. The van der Waals surface area contributed by atoms with Crippen molar-refractivity contribution in [1.29, 1.82) is 0 Å². The quantitative estimate of drug-likeness (QED) is 0.578. The number of pyridine rings is 1. The molecule has 2 aromatic carbocycles. The molecule has 3 rings (SSSR count). The van der Waals surface area contributed by atoms with Crippen LogP contribution in [-0.4, -0.2) is 10.9 Å². The van der Waals surface area contributed by atoms with E-state index in [4.69, 9.17) is 4.74 Å². The van der Waals surface area contributed by atoms with Gasteiger partial charge in [-0.1, -0.05) is 34.1 Å². The summed E-state index contributed by atoms with van der Waals surface area (Å²) in [5.41, 5.74) is 2.54. The normalized spacial score (nSPS) is 10.7. The van der Waals surface area contributed by atoms with Gasteiger partial charge in [0.2, 0.25) is 5.91 Å². The van der Waals surface area contributed by atoms with Crippen molar-refractivity contribution >= 4 is 33.6 Å². The lowest BCUT2D eigenvalue weighted by Crippen LogP contribution is -2.07. The van der Waals surface area contributed by atoms with Gasteiger partial charge in [0.05, 0.1) is 5.69 Å². The molecule has 1 N–H and O–H groups in total. The molecule has 0 aliphatic heterocycles. The summed E-state index contributed by atoms with van der Waals surface area (Å²) in [6.45, 7) is 0.422. The second-order valence-electron chi connectivity index (χ2n) is 5.51. The number of anilines is 1. The van der Waals surface area contributed by atoms with Gasteiger partial charge in [-0.3, -0.25) is 9.78 Å². The Kier molecular flexibility index (Phi) is 6.17. The first-order valence-electron chi connectivity index (χ1n) is 8.06. The van der Waals surface area contributed by atoms with Gasteiger partial charge in [-0.2, -0.15) is 0 Å². The van der Waals surface area contributed by atoms with Crippen LogP contribution in [0.2, 0.25) is 0 Å². The number of carbonyl (C=O) groups is 1. The SMILES string of the molecule is O=C(/C=C/c1ccc(OCc2ccccn2)cc1)Nc1ccc(Br)cc1. The van der Waals surface area contributed by atoms with Gasteiger partial charge >= 0.3 is 0 Å². The maximum Gasteiger partial charge on any atom is 0.248 e. The molecule has 0 aliphatic carbocycles. The van der Waals surface area contributed by atoms with Crippen molar-refractivity contribution in [3.63, 3.8) is 0 Å². The molecule has 1 aromatic heterocycles. The Morgan fingerprint density at radius 1 is 1.04 bits per heavy atom. The van der Waals surface area contributed by atoms with E-state index in [2.05, 4.69) is 26.2 Å². The summed E-state index contributed by atoms with van der Waals surface area (Å²) in [6.07, 6.45) is 5.01. The highest BCUT2D eigenvalue weighted by molar-refractivity contribution is 9.10. The van der Waals surface area contributed by atoms with E-state index in [0.29, 0.717) is 6.61 Å². The van der Waals surface area contributed by atoms with E-state index in [1.54, 1.807) is 12.3 Å². The average Bonchev–Trinajstić information content (AvgIpc) is 2.68. The zero-order valence-corrected chi connectivity index (χ0v) is 15.5. The van der Waals surface area contributed by atoms with E-state index in [1.807, 2.05) is 66.7 Å². The van der Waals surface area contributed by atoms with Crippen LogP contribution in [0.3, 0.4) is 0 Å². The maximum absolute atomic E-state index is 12.0. The first kappa shape index (κ1) is 17.9. The Hall–Kier alpha value is -2.92. The molecule has 1 heterocycles. The minimum absolute atomic E-state index is 0.178. The third-order valence-corrected chi connectivity index (χ3v) is 4.06. The molecule has 5 heteroatoms. The Morgan fingerprint density at radius 3 is 2.50 bits per heavy atom. The van der Waals surface area contributed by atoms with Crippen LogP contribution in [0.25, 0.3) is 6.08 Å². The van der Waals surface area contributed by atoms with E-state index < -0.39 is 0 Å². The van der Waals surface area contributed by atoms with Gasteiger partial charge in [-0.15, -0.1) is 0 Å². The standard InChI is InChI=1S/C21H17BrN2O2/c22-17-7-9-18(10-8-17)24-21(25)13-6-16-4-11-20(12-5-16)26-15-19-3-1-2-14-23-19/h1-14H,15H2,(H,24,25)/b13-6+. The number of nitrogens with one attached hydrogen (secondary N) is 1. The number of hydrogen-bond donors (Lipinski definition) is 1. The van der Waals surface area contributed by atoms with Crippen LogP contribution in [0, 0.1) is 0 Å².